The van der Waals surface area contributed by atoms with Crippen molar-refractivity contribution in [2.45, 2.75) is 32.2 Å². The predicted molar refractivity (Wildman–Crippen MR) is 50.8 cm³/mol. The first kappa shape index (κ1) is 8.52. The molecule has 0 atom stereocenters. The highest BCUT2D eigenvalue weighted by Gasteiger charge is 2.51. The van der Waals surface area contributed by atoms with Gasteiger partial charge in [-0.1, -0.05) is 0 Å². The summed E-state index contributed by atoms with van der Waals surface area (Å²) in [5, 5.41) is 0. The molecule has 2 aliphatic rings. The maximum Gasteiger partial charge on any atom is 0.135 e. The van der Waals surface area contributed by atoms with Gasteiger partial charge in [-0.05, 0) is 20.9 Å². The Hall–Kier alpha value is -0.0800. The first-order chi connectivity index (χ1) is 5.56. The SMILES string of the molecule is CN1CC(C)(C)[N+]2(CCCC2)C1. The molecule has 0 N–H and O–H groups in total. The van der Waals surface area contributed by atoms with Crippen molar-refractivity contribution < 1.29 is 4.48 Å². The Morgan fingerprint density at radius 3 is 2.17 bits per heavy atom. The van der Waals surface area contributed by atoms with Crippen LogP contribution in [-0.4, -0.2) is 48.3 Å². The van der Waals surface area contributed by atoms with E-state index in [1.54, 1.807) is 0 Å². The van der Waals surface area contributed by atoms with Gasteiger partial charge in [0.05, 0.1) is 19.6 Å². The van der Waals surface area contributed by atoms with Crippen LogP contribution in [0.15, 0.2) is 0 Å². The van der Waals surface area contributed by atoms with Gasteiger partial charge in [-0.3, -0.25) is 4.90 Å². The third kappa shape index (κ3) is 1.01. The van der Waals surface area contributed by atoms with Crippen LogP contribution in [0, 0.1) is 0 Å². The summed E-state index contributed by atoms with van der Waals surface area (Å²) in [7, 11) is 2.26. The highest BCUT2D eigenvalue weighted by atomic mass is 15.5. The Morgan fingerprint density at radius 1 is 1.17 bits per heavy atom. The van der Waals surface area contributed by atoms with Gasteiger partial charge in [-0.2, -0.15) is 0 Å². The Balaban J connectivity index is 2.23. The van der Waals surface area contributed by atoms with Gasteiger partial charge in [-0.15, -0.1) is 0 Å². The minimum absolute atomic E-state index is 0.505. The molecule has 0 aromatic rings. The third-order valence-electron chi connectivity index (χ3n) is 3.88. The quantitative estimate of drug-likeness (QED) is 0.494. The van der Waals surface area contributed by atoms with Crippen LogP contribution >= 0.6 is 0 Å². The lowest BCUT2D eigenvalue weighted by molar-refractivity contribution is -0.951. The molecule has 0 saturated carbocycles. The van der Waals surface area contributed by atoms with E-state index in [1.807, 2.05) is 0 Å². The fourth-order valence-electron chi connectivity index (χ4n) is 3.20. The van der Waals surface area contributed by atoms with E-state index in [0.29, 0.717) is 5.54 Å². The molecule has 2 fully saturated rings. The molecule has 12 heavy (non-hydrogen) atoms. The van der Waals surface area contributed by atoms with Crippen LogP contribution < -0.4 is 0 Å². The van der Waals surface area contributed by atoms with Crippen LogP contribution in [0.4, 0.5) is 0 Å². The van der Waals surface area contributed by atoms with E-state index in [0.717, 1.165) is 0 Å². The van der Waals surface area contributed by atoms with E-state index in [9.17, 15) is 0 Å². The van der Waals surface area contributed by atoms with E-state index in [4.69, 9.17) is 0 Å². The van der Waals surface area contributed by atoms with Gasteiger partial charge in [-0.25, -0.2) is 0 Å². The molecule has 0 amide bonds. The third-order valence-corrected chi connectivity index (χ3v) is 3.88. The summed E-state index contributed by atoms with van der Waals surface area (Å²) in [4.78, 5) is 2.49. The van der Waals surface area contributed by atoms with E-state index in [1.165, 1.54) is 43.6 Å². The van der Waals surface area contributed by atoms with Gasteiger partial charge < -0.3 is 4.48 Å². The van der Waals surface area contributed by atoms with Crippen molar-refractivity contribution in [1.82, 2.24) is 4.90 Å². The number of hydrogen-bond acceptors (Lipinski definition) is 1. The fraction of sp³-hybridized carbons (Fsp3) is 1.00. The fourth-order valence-corrected chi connectivity index (χ4v) is 3.20. The van der Waals surface area contributed by atoms with Crippen molar-refractivity contribution in [2.24, 2.45) is 0 Å². The molecule has 70 valence electrons. The van der Waals surface area contributed by atoms with E-state index >= 15 is 0 Å². The second-order valence-corrected chi connectivity index (χ2v) is 5.27. The number of nitrogens with zero attached hydrogens (tertiary/aromatic N) is 2. The molecule has 2 saturated heterocycles. The van der Waals surface area contributed by atoms with Crippen LogP contribution in [0.3, 0.4) is 0 Å². The van der Waals surface area contributed by atoms with Gasteiger partial charge in [0.15, 0.2) is 0 Å². The molecule has 2 aliphatic heterocycles. The van der Waals surface area contributed by atoms with E-state index in [2.05, 4.69) is 25.8 Å². The predicted octanol–water partition coefficient (Wildman–Crippen LogP) is 1.28. The maximum atomic E-state index is 2.49. The summed E-state index contributed by atoms with van der Waals surface area (Å²) in [5.74, 6) is 0. The number of quaternary nitrogens is 1. The second kappa shape index (κ2) is 2.46. The van der Waals surface area contributed by atoms with Crippen molar-refractivity contribution >= 4 is 0 Å². The molecular formula is C10H21N2+. The lowest BCUT2D eigenvalue weighted by Gasteiger charge is -2.40. The van der Waals surface area contributed by atoms with Crippen molar-refractivity contribution in [3.8, 4) is 0 Å². The van der Waals surface area contributed by atoms with Crippen LogP contribution in [-0.2, 0) is 0 Å². The molecule has 0 aliphatic carbocycles. The Morgan fingerprint density at radius 2 is 1.75 bits per heavy atom. The standard InChI is InChI=1S/C10H21N2/c1-10(2)8-11(3)9-12(10)6-4-5-7-12/h4-9H2,1-3H3/q+1. The molecule has 0 radical (unpaired) electrons. The molecule has 2 nitrogen and oxygen atoms in total. The van der Waals surface area contributed by atoms with Crippen LogP contribution in [0.25, 0.3) is 0 Å². The summed E-state index contributed by atoms with van der Waals surface area (Å²) in [6.07, 6.45) is 2.88. The van der Waals surface area contributed by atoms with Gasteiger partial charge >= 0.3 is 0 Å². The van der Waals surface area contributed by atoms with Crippen LogP contribution in [0.1, 0.15) is 26.7 Å². The molecule has 2 heterocycles. The summed E-state index contributed by atoms with van der Waals surface area (Å²) in [6.45, 7) is 10.2. The van der Waals surface area contributed by atoms with Gasteiger partial charge in [0.1, 0.15) is 12.2 Å². The highest BCUT2D eigenvalue weighted by Crippen LogP contribution is 2.36. The summed E-state index contributed by atoms with van der Waals surface area (Å²) in [5.41, 5.74) is 0.505. The Labute approximate surface area is 75.7 Å². The normalized spacial score (nSPS) is 33.2. The van der Waals surface area contributed by atoms with Crippen molar-refractivity contribution in [2.75, 3.05) is 33.4 Å². The van der Waals surface area contributed by atoms with Gasteiger partial charge in [0.2, 0.25) is 0 Å². The molecule has 2 heteroatoms. The first-order valence-corrected chi connectivity index (χ1v) is 5.11. The zero-order valence-electron chi connectivity index (χ0n) is 8.64. The zero-order chi connectivity index (χ0) is 8.82. The lowest BCUT2D eigenvalue weighted by atomic mass is 10.0. The van der Waals surface area contributed by atoms with Crippen molar-refractivity contribution in [3.05, 3.63) is 0 Å². The summed E-state index contributed by atoms with van der Waals surface area (Å²) >= 11 is 0. The average Bonchev–Trinajstić information content (AvgIpc) is 2.42. The zero-order valence-corrected chi connectivity index (χ0v) is 8.64. The first-order valence-electron chi connectivity index (χ1n) is 5.11. The summed E-state index contributed by atoms with van der Waals surface area (Å²) in [6, 6.07) is 0. The largest absolute Gasteiger partial charge is 0.306 e. The minimum atomic E-state index is 0.505. The van der Waals surface area contributed by atoms with Gasteiger partial charge in [0, 0.05) is 12.8 Å². The highest BCUT2D eigenvalue weighted by molar-refractivity contribution is 4.82. The van der Waals surface area contributed by atoms with Crippen LogP contribution in [0.5, 0.6) is 0 Å². The van der Waals surface area contributed by atoms with Crippen LogP contribution in [0.2, 0.25) is 0 Å². The van der Waals surface area contributed by atoms with Gasteiger partial charge in [0.25, 0.3) is 0 Å². The number of likely N-dealkylation sites (N-methyl/N-ethyl adjacent to an activating group) is 1. The second-order valence-electron chi connectivity index (χ2n) is 5.27. The molecule has 0 bridgehead atoms. The smallest absolute Gasteiger partial charge is 0.135 e. The molecule has 2 rings (SSSR count). The minimum Gasteiger partial charge on any atom is -0.306 e. The molecule has 0 unspecified atom stereocenters. The average molecular weight is 169 g/mol. The van der Waals surface area contributed by atoms with Crippen molar-refractivity contribution in [3.63, 3.8) is 0 Å². The van der Waals surface area contributed by atoms with E-state index < -0.39 is 0 Å². The summed E-state index contributed by atoms with van der Waals surface area (Å²) < 4.78 is 1.36. The lowest BCUT2D eigenvalue weighted by Crippen LogP contribution is -2.56. The number of rotatable bonds is 0. The Kier molecular flexibility index (Phi) is 1.74. The molecule has 1 spiro atoms. The number of hydrogen-bond donors (Lipinski definition) is 0. The van der Waals surface area contributed by atoms with E-state index in [-0.39, 0.29) is 0 Å². The van der Waals surface area contributed by atoms with Crippen molar-refractivity contribution in [1.29, 1.82) is 0 Å². The molecule has 0 aromatic carbocycles. The molecular weight excluding hydrogens is 148 g/mol. The molecule has 0 aromatic heterocycles. The monoisotopic (exact) mass is 169 g/mol. The maximum absolute atomic E-state index is 2.49. The Bertz CT molecular complexity index is 180. The topological polar surface area (TPSA) is 3.24 Å².